The molecule has 0 spiro atoms. The van der Waals surface area contributed by atoms with Crippen molar-refractivity contribution >= 4 is 5.91 Å². The van der Waals surface area contributed by atoms with Gasteiger partial charge in [-0.1, -0.05) is 19.8 Å². The van der Waals surface area contributed by atoms with E-state index in [4.69, 9.17) is 9.47 Å². The summed E-state index contributed by atoms with van der Waals surface area (Å²) in [5.74, 6) is 2.43. The first-order chi connectivity index (χ1) is 12.6. The van der Waals surface area contributed by atoms with Gasteiger partial charge in [0, 0.05) is 17.6 Å². The number of rotatable bonds is 6. The van der Waals surface area contributed by atoms with Crippen LogP contribution in [0.3, 0.4) is 0 Å². The summed E-state index contributed by atoms with van der Waals surface area (Å²) < 4.78 is 11.0. The maximum atomic E-state index is 12.7. The molecule has 26 heavy (non-hydrogen) atoms. The molecule has 2 fully saturated rings. The third-order valence-corrected chi connectivity index (χ3v) is 5.96. The maximum absolute atomic E-state index is 12.7. The van der Waals surface area contributed by atoms with Crippen molar-refractivity contribution in [3.8, 4) is 11.5 Å². The molecule has 1 saturated carbocycles. The van der Waals surface area contributed by atoms with Crippen LogP contribution in [0.15, 0.2) is 18.2 Å². The minimum atomic E-state index is 0.150. The highest BCUT2D eigenvalue weighted by molar-refractivity contribution is 5.78. The minimum Gasteiger partial charge on any atom is -0.497 e. The Morgan fingerprint density at radius 1 is 1.15 bits per heavy atom. The fraction of sp³-hybridized carbons (Fsp3) is 0.667. The largest absolute Gasteiger partial charge is 0.497 e. The zero-order valence-electron chi connectivity index (χ0n) is 16.3. The zero-order valence-corrected chi connectivity index (χ0v) is 16.3. The van der Waals surface area contributed by atoms with Gasteiger partial charge in [0.25, 0.3) is 0 Å². The Bertz CT molecular complexity index is 619. The van der Waals surface area contributed by atoms with Crippen LogP contribution in [0.2, 0.25) is 0 Å². The van der Waals surface area contributed by atoms with Crippen molar-refractivity contribution in [3.63, 3.8) is 0 Å². The van der Waals surface area contributed by atoms with E-state index in [0.717, 1.165) is 42.9 Å². The number of nitrogens with zero attached hydrogens (tertiary/aromatic N) is 1. The first kappa shape index (κ1) is 19.0. The molecule has 3 rings (SSSR count). The number of nitrogens with one attached hydrogen (secondary N) is 1. The van der Waals surface area contributed by atoms with Gasteiger partial charge in [-0.25, -0.2) is 0 Å². The van der Waals surface area contributed by atoms with Gasteiger partial charge in [0.2, 0.25) is 5.91 Å². The molecule has 2 aliphatic rings. The maximum Gasteiger partial charge on any atom is 0.234 e. The number of likely N-dealkylation sites (tertiary alicyclic amines) is 1. The summed E-state index contributed by atoms with van der Waals surface area (Å²) in [6.45, 7) is 3.65. The summed E-state index contributed by atoms with van der Waals surface area (Å²) in [6, 6.07) is 6.45. The Balaban J connectivity index is 1.67. The van der Waals surface area contributed by atoms with Crippen molar-refractivity contribution < 1.29 is 14.3 Å². The van der Waals surface area contributed by atoms with Crippen LogP contribution in [0.5, 0.6) is 11.5 Å². The number of ether oxygens (including phenoxy) is 2. The second-order valence-corrected chi connectivity index (χ2v) is 7.67. The molecular formula is C21H32N2O3. The van der Waals surface area contributed by atoms with Crippen molar-refractivity contribution in [1.29, 1.82) is 0 Å². The van der Waals surface area contributed by atoms with Gasteiger partial charge in [0.1, 0.15) is 11.5 Å². The molecule has 144 valence electrons. The van der Waals surface area contributed by atoms with Gasteiger partial charge in [0.05, 0.1) is 20.8 Å². The van der Waals surface area contributed by atoms with Gasteiger partial charge in [0.15, 0.2) is 0 Å². The molecule has 1 aliphatic carbocycles. The van der Waals surface area contributed by atoms with Crippen LogP contribution in [0.1, 0.15) is 57.1 Å². The van der Waals surface area contributed by atoms with Gasteiger partial charge < -0.3 is 14.8 Å². The Kier molecular flexibility index (Phi) is 6.41. The fourth-order valence-corrected chi connectivity index (χ4v) is 4.43. The highest BCUT2D eigenvalue weighted by Gasteiger charge is 2.31. The minimum absolute atomic E-state index is 0.150. The van der Waals surface area contributed by atoms with Crippen LogP contribution in [0.4, 0.5) is 0 Å². The zero-order chi connectivity index (χ0) is 18.5. The van der Waals surface area contributed by atoms with Gasteiger partial charge in [-0.15, -0.1) is 0 Å². The molecule has 1 aliphatic heterocycles. The molecule has 0 radical (unpaired) electrons. The fourth-order valence-electron chi connectivity index (χ4n) is 4.43. The molecule has 1 heterocycles. The molecule has 3 atom stereocenters. The number of carbonyl (C=O) groups is 1. The normalized spacial score (nSPS) is 26.5. The number of hydrogen-bond acceptors (Lipinski definition) is 4. The lowest BCUT2D eigenvalue weighted by atomic mass is 9.86. The second kappa shape index (κ2) is 8.76. The van der Waals surface area contributed by atoms with E-state index in [1.165, 1.54) is 19.3 Å². The lowest BCUT2D eigenvalue weighted by Gasteiger charge is -2.31. The van der Waals surface area contributed by atoms with E-state index >= 15 is 0 Å². The van der Waals surface area contributed by atoms with Gasteiger partial charge >= 0.3 is 0 Å². The smallest absolute Gasteiger partial charge is 0.234 e. The lowest BCUT2D eigenvalue weighted by Crippen LogP contribution is -2.45. The summed E-state index contributed by atoms with van der Waals surface area (Å²) in [7, 11) is 3.37. The quantitative estimate of drug-likeness (QED) is 0.843. The van der Waals surface area contributed by atoms with Crippen molar-refractivity contribution in [1.82, 2.24) is 10.2 Å². The number of methoxy groups -OCH3 is 2. The van der Waals surface area contributed by atoms with E-state index in [9.17, 15) is 4.79 Å². The van der Waals surface area contributed by atoms with E-state index in [0.29, 0.717) is 18.5 Å². The third-order valence-electron chi connectivity index (χ3n) is 5.96. The Morgan fingerprint density at radius 2 is 1.96 bits per heavy atom. The summed E-state index contributed by atoms with van der Waals surface area (Å²) in [5.41, 5.74) is 1.11. The number of carbonyl (C=O) groups excluding carboxylic acids is 1. The highest BCUT2D eigenvalue weighted by Crippen LogP contribution is 2.38. The Hall–Kier alpha value is -1.75. The Labute approximate surface area is 157 Å². The van der Waals surface area contributed by atoms with Crippen LogP contribution in [-0.2, 0) is 4.79 Å². The molecule has 1 amide bonds. The SMILES string of the molecule is COc1ccc(OC)c([C@H]2CCCN2CC(=O)N[C@H]2CCCC[C@H]2C)c1. The van der Waals surface area contributed by atoms with Gasteiger partial charge in [-0.3, -0.25) is 9.69 Å². The number of hydrogen-bond donors (Lipinski definition) is 1. The van der Waals surface area contributed by atoms with Crippen LogP contribution >= 0.6 is 0 Å². The van der Waals surface area contributed by atoms with Crippen LogP contribution in [0.25, 0.3) is 0 Å². The van der Waals surface area contributed by atoms with Crippen LogP contribution in [0, 0.1) is 5.92 Å². The Morgan fingerprint density at radius 3 is 2.69 bits per heavy atom. The predicted molar refractivity (Wildman–Crippen MR) is 103 cm³/mol. The molecule has 1 saturated heterocycles. The summed E-state index contributed by atoms with van der Waals surface area (Å²) in [6.07, 6.45) is 6.98. The molecular weight excluding hydrogens is 328 g/mol. The van der Waals surface area contributed by atoms with Crippen molar-refractivity contribution in [2.75, 3.05) is 27.3 Å². The molecule has 5 heteroatoms. The van der Waals surface area contributed by atoms with Crippen LogP contribution < -0.4 is 14.8 Å². The lowest BCUT2D eigenvalue weighted by molar-refractivity contribution is -0.123. The molecule has 1 N–H and O–H groups in total. The van der Waals surface area contributed by atoms with Crippen molar-refractivity contribution in [2.24, 2.45) is 5.92 Å². The highest BCUT2D eigenvalue weighted by atomic mass is 16.5. The summed E-state index contributed by atoms with van der Waals surface area (Å²) in [4.78, 5) is 14.9. The number of amides is 1. The summed E-state index contributed by atoms with van der Waals surface area (Å²) >= 11 is 0. The molecule has 0 aromatic heterocycles. The van der Waals surface area contributed by atoms with Gasteiger partial charge in [-0.2, -0.15) is 0 Å². The second-order valence-electron chi connectivity index (χ2n) is 7.67. The third kappa shape index (κ3) is 4.32. The van der Waals surface area contributed by atoms with E-state index in [1.54, 1.807) is 14.2 Å². The number of benzene rings is 1. The first-order valence-corrected chi connectivity index (χ1v) is 9.87. The van der Waals surface area contributed by atoms with E-state index in [1.807, 2.05) is 18.2 Å². The molecule has 0 bridgehead atoms. The van der Waals surface area contributed by atoms with E-state index in [2.05, 4.69) is 17.1 Å². The van der Waals surface area contributed by atoms with Crippen molar-refractivity contribution in [3.05, 3.63) is 23.8 Å². The molecule has 0 unspecified atom stereocenters. The molecule has 1 aromatic rings. The topological polar surface area (TPSA) is 50.8 Å². The summed E-state index contributed by atoms with van der Waals surface area (Å²) in [5, 5.41) is 3.28. The molecule has 5 nitrogen and oxygen atoms in total. The predicted octanol–water partition coefficient (Wildman–Crippen LogP) is 3.54. The molecule has 1 aromatic carbocycles. The monoisotopic (exact) mass is 360 g/mol. The average Bonchev–Trinajstić information content (AvgIpc) is 3.10. The van der Waals surface area contributed by atoms with E-state index in [-0.39, 0.29) is 11.9 Å². The standard InChI is InChI=1S/C21H32N2O3/c1-15-7-4-5-8-18(15)22-21(24)14-23-12-6-9-19(23)17-13-16(25-2)10-11-20(17)26-3/h10-11,13,15,18-19H,4-9,12,14H2,1-3H3,(H,22,24)/t15-,18+,19-/m1/s1. The van der Waals surface area contributed by atoms with Gasteiger partial charge in [-0.05, 0) is 56.3 Å². The first-order valence-electron chi connectivity index (χ1n) is 9.87. The van der Waals surface area contributed by atoms with E-state index < -0.39 is 0 Å². The average molecular weight is 360 g/mol. The van der Waals surface area contributed by atoms with Crippen LogP contribution in [-0.4, -0.2) is 44.2 Å². The van der Waals surface area contributed by atoms with Crippen molar-refractivity contribution in [2.45, 2.75) is 57.5 Å².